The number of hydrogen-bond acceptors (Lipinski definition) is 4. The van der Waals surface area contributed by atoms with E-state index in [-0.39, 0.29) is 17.2 Å². The molecule has 168 valence electrons. The summed E-state index contributed by atoms with van der Waals surface area (Å²) in [6.07, 6.45) is 2.47. The van der Waals surface area contributed by atoms with Gasteiger partial charge in [-0.25, -0.2) is 0 Å². The first-order valence-corrected chi connectivity index (χ1v) is 11.0. The molecule has 3 aromatic carbocycles. The van der Waals surface area contributed by atoms with Crippen molar-refractivity contribution < 1.29 is 14.3 Å². The molecule has 33 heavy (non-hydrogen) atoms. The summed E-state index contributed by atoms with van der Waals surface area (Å²) in [5, 5.41) is 6.79. The molecular formula is C27H25ClN2O3. The Bertz CT molecular complexity index is 1250. The van der Waals surface area contributed by atoms with E-state index in [1.807, 2.05) is 18.2 Å². The van der Waals surface area contributed by atoms with Gasteiger partial charge in [-0.3, -0.25) is 9.59 Å². The number of fused-ring (bicyclic) bond motifs is 1. The largest absolute Gasteiger partial charge is 0.497 e. The van der Waals surface area contributed by atoms with E-state index in [9.17, 15) is 9.59 Å². The molecule has 6 heteroatoms. The lowest BCUT2D eigenvalue weighted by atomic mass is 9.85. The van der Waals surface area contributed by atoms with Crippen LogP contribution in [0.4, 0.5) is 5.69 Å². The van der Waals surface area contributed by atoms with Crippen molar-refractivity contribution in [3.8, 4) is 5.75 Å². The van der Waals surface area contributed by atoms with Crippen LogP contribution in [0, 0.1) is 0 Å². The number of methoxy groups -OCH3 is 1. The van der Waals surface area contributed by atoms with E-state index in [0.29, 0.717) is 21.8 Å². The van der Waals surface area contributed by atoms with Crippen LogP contribution < -0.4 is 15.4 Å². The number of amides is 1. The first-order chi connectivity index (χ1) is 15.7. The Balaban J connectivity index is 1.54. The molecular weight excluding hydrogens is 436 g/mol. The standard InChI is InChI=1S/C27H25ClN2O3/c1-27(2)16-19-9-12-22(33-3)14-23(19)24(30-27)15-25(31)17-7-10-21(11-8-17)29-26(32)18-5-4-6-20(28)13-18/h4-15,30H,16H2,1-3H3,(H,29,32). The number of ketones is 1. The molecule has 0 aromatic heterocycles. The van der Waals surface area contributed by atoms with Gasteiger partial charge < -0.3 is 15.4 Å². The van der Waals surface area contributed by atoms with Crippen LogP contribution in [-0.4, -0.2) is 24.3 Å². The highest BCUT2D eigenvalue weighted by atomic mass is 35.5. The van der Waals surface area contributed by atoms with Gasteiger partial charge in [-0.05, 0) is 80.4 Å². The molecule has 0 radical (unpaired) electrons. The molecule has 0 bridgehead atoms. The lowest BCUT2D eigenvalue weighted by Gasteiger charge is -2.35. The second-order valence-electron chi connectivity index (χ2n) is 8.67. The average Bonchev–Trinajstić information content (AvgIpc) is 2.78. The van der Waals surface area contributed by atoms with Gasteiger partial charge in [-0.2, -0.15) is 0 Å². The van der Waals surface area contributed by atoms with Gasteiger partial charge in [0.2, 0.25) is 0 Å². The fraction of sp³-hybridized carbons (Fsp3) is 0.185. The van der Waals surface area contributed by atoms with E-state index in [1.54, 1.807) is 61.7 Å². The van der Waals surface area contributed by atoms with Crippen LogP contribution in [0.2, 0.25) is 5.02 Å². The SMILES string of the molecule is COc1ccc2c(c1)C(=CC(=O)c1ccc(NC(=O)c3cccc(Cl)c3)cc1)NC(C)(C)C2. The number of anilines is 1. The maximum atomic E-state index is 13.0. The van der Waals surface area contributed by atoms with Crippen LogP contribution in [-0.2, 0) is 6.42 Å². The van der Waals surface area contributed by atoms with Gasteiger partial charge in [0.15, 0.2) is 5.78 Å². The van der Waals surface area contributed by atoms with Crippen molar-refractivity contribution >= 4 is 34.7 Å². The summed E-state index contributed by atoms with van der Waals surface area (Å²) in [6.45, 7) is 4.21. The number of benzene rings is 3. The molecule has 0 aliphatic carbocycles. The second-order valence-corrected chi connectivity index (χ2v) is 9.11. The van der Waals surface area contributed by atoms with E-state index in [2.05, 4.69) is 24.5 Å². The monoisotopic (exact) mass is 460 g/mol. The lowest BCUT2D eigenvalue weighted by molar-refractivity contribution is 0.102. The first-order valence-electron chi connectivity index (χ1n) is 10.6. The van der Waals surface area contributed by atoms with Crippen molar-refractivity contribution in [3.05, 3.63) is 100 Å². The fourth-order valence-electron chi connectivity index (χ4n) is 3.92. The summed E-state index contributed by atoms with van der Waals surface area (Å²) in [4.78, 5) is 25.4. The molecule has 4 rings (SSSR count). The summed E-state index contributed by atoms with van der Waals surface area (Å²) in [5.41, 5.74) is 4.30. The Kier molecular flexibility index (Phi) is 6.25. The third-order valence-electron chi connectivity index (χ3n) is 5.50. The number of halogens is 1. The molecule has 1 aliphatic heterocycles. The minimum atomic E-state index is -0.266. The zero-order valence-corrected chi connectivity index (χ0v) is 19.5. The number of ether oxygens (including phenoxy) is 1. The Labute approximate surface area is 198 Å². The van der Waals surface area contributed by atoms with Crippen LogP contribution in [0.5, 0.6) is 5.75 Å². The van der Waals surface area contributed by atoms with E-state index >= 15 is 0 Å². The van der Waals surface area contributed by atoms with Gasteiger partial charge in [0.05, 0.1) is 7.11 Å². The molecule has 0 saturated carbocycles. The van der Waals surface area contributed by atoms with Gasteiger partial charge in [0.25, 0.3) is 5.91 Å². The number of hydrogen-bond donors (Lipinski definition) is 2. The van der Waals surface area contributed by atoms with Crippen molar-refractivity contribution in [3.63, 3.8) is 0 Å². The number of carbonyl (C=O) groups excluding carboxylic acids is 2. The van der Waals surface area contributed by atoms with Crippen molar-refractivity contribution in [2.24, 2.45) is 0 Å². The third-order valence-corrected chi connectivity index (χ3v) is 5.74. The normalized spacial score (nSPS) is 15.3. The molecule has 0 fully saturated rings. The summed E-state index contributed by atoms with van der Waals surface area (Å²) in [7, 11) is 1.63. The van der Waals surface area contributed by atoms with Crippen molar-refractivity contribution in [2.75, 3.05) is 12.4 Å². The quantitative estimate of drug-likeness (QED) is 0.376. The minimum absolute atomic E-state index is 0.128. The molecule has 1 heterocycles. The predicted molar refractivity (Wildman–Crippen MR) is 132 cm³/mol. The molecule has 0 spiro atoms. The number of carbonyl (C=O) groups is 2. The average molecular weight is 461 g/mol. The molecule has 0 unspecified atom stereocenters. The fourth-order valence-corrected chi connectivity index (χ4v) is 4.11. The summed E-state index contributed by atoms with van der Waals surface area (Å²) >= 11 is 5.96. The summed E-state index contributed by atoms with van der Waals surface area (Å²) in [5.74, 6) is 0.350. The first kappa shape index (κ1) is 22.6. The van der Waals surface area contributed by atoms with E-state index < -0.39 is 0 Å². The van der Waals surface area contributed by atoms with Crippen LogP contribution in [0.25, 0.3) is 5.70 Å². The molecule has 3 aromatic rings. The molecule has 1 amide bonds. The highest BCUT2D eigenvalue weighted by Gasteiger charge is 2.28. The van der Waals surface area contributed by atoms with Crippen molar-refractivity contribution in [1.29, 1.82) is 0 Å². The van der Waals surface area contributed by atoms with Gasteiger partial charge in [0.1, 0.15) is 5.75 Å². The molecule has 5 nitrogen and oxygen atoms in total. The zero-order valence-electron chi connectivity index (χ0n) is 18.7. The Hall–Kier alpha value is -3.57. The molecule has 0 saturated heterocycles. The molecule has 1 aliphatic rings. The van der Waals surface area contributed by atoms with Crippen LogP contribution in [0.15, 0.2) is 72.8 Å². The highest BCUT2D eigenvalue weighted by Crippen LogP contribution is 2.32. The Morgan fingerprint density at radius 2 is 1.79 bits per heavy atom. The maximum Gasteiger partial charge on any atom is 0.255 e. The highest BCUT2D eigenvalue weighted by molar-refractivity contribution is 6.31. The van der Waals surface area contributed by atoms with Gasteiger partial charge in [-0.15, -0.1) is 0 Å². The van der Waals surface area contributed by atoms with Gasteiger partial charge >= 0.3 is 0 Å². The molecule has 0 atom stereocenters. The lowest BCUT2D eigenvalue weighted by Crippen LogP contribution is -2.43. The van der Waals surface area contributed by atoms with Crippen LogP contribution in [0.1, 0.15) is 45.7 Å². The molecule has 2 N–H and O–H groups in total. The van der Waals surface area contributed by atoms with E-state index in [0.717, 1.165) is 29.0 Å². The minimum Gasteiger partial charge on any atom is -0.497 e. The van der Waals surface area contributed by atoms with Crippen LogP contribution in [0.3, 0.4) is 0 Å². The van der Waals surface area contributed by atoms with Crippen molar-refractivity contribution in [1.82, 2.24) is 5.32 Å². The topological polar surface area (TPSA) is 67.4 Å². The zero-order chi connectivity index (χ0) is 23.6. The van der Waals surface area contributed by atoms with Crippen molar-refractivity contribution in [2.45, 2.75) is 25.8 Å². The number of rotatable bonds is 5. The van der Waals surface area contributed by atoms with Crippen LogP contribution >= 0.6 is 11.6 Å². The Morgan fingerprint density at radius 3 is 2.48 bits per heavy atom. The maximum absolute atomic E-state index is 13.0. The second kappa shape index (κ2) is 9.12. The summed E-state index contributed by atoms with van der Waals surface area (Å²) < 4.78 is 5.37. The predicted octanol–water partition coefficient (Wildman–Crippen LogP) is 5.75. The smallest absolute Gasteiger partial charge is 0.255 e. The summed E-state index contributed by atoms with van der Waals surface area (Å²) in [6, 6.07) is 19.5. The number of allylic oxidation sites excluding steroid dienone is 1. The number of nitrogens with one attached hydrogen (secondary N) is 2. The van der Waals surface area contributed by atoms with E-state index in [4.69, 9.17) is 16.3 Å². The van der Waals surface area contributed by atoms with Gasteiger partial charge in [-0.1, -0.05) is 23.7 Å². The van der Waals surface area contributed by atoms with E-state index in [1.165, 1.54) is 0 Å². The third kappa shape index (κ3) is 5.26. The van der Waals surface area contributed by atoms with Gasteiger partial charge in [0, 0.05) is 44.7 Å². The Morgan fingerprint density at radius 1 is 1.03 bits per heavy atom.